The number of nitrogens with zero attached hydrogens (tertiary/aromatic N) is 1. The van der Waals surface area contributed by atoms with E-state index < -0.39 is 12.2 Å². The molecule has 2 aromatic rings. The first kappa shape index (κ1) is 22.6. The highest BCUT2D eigenvalue weighted by Crippen LogP contribution is 2.30. The van der Waals surface area contributed by atoms with Gasteiger partial charge in [0.25, 0.3) is 0 Å². The van der Waals surface area contributed by atoms with Gasteiger partial charge < -0.3 is 19.8 Å². The van der Waals surface area contributed by atoms with Crippen LogP contribution in [0.4, 0.5) is 4.39 Å². The average Bonchev–Trinajstić information content (AvgIpc) is 2.69. The van der Waals surface area contributed by atoms with Gasteiger partial charge in [0.1, 0.15) is 17.3 Å². The smallest absolute Gasteiger partial charge is 0.303 e. The Hall–Kier alpha value is -2.64. The molecule has 2 N–H and O–H groups in total. The molecule has 2 aromatic carbocycles. The van der Waals surface area contributed by atoms with E-state index in [0.29, 0.717) is 30.1 Å². The van der Waals surface area contributed by atoms with Crippen molar-refractivity contribution in [1.82, 2.24) is 5.06 Å². The Labute approximate surface area is 170 Å². The molecule has 7 heteroatoms. The molecule has 1 unspecified atom stereocenters. The van der Waals surface area contributed by atoms with Crippen molar-refractivity contribution in [2.75, 3.05) is 6.61 Å². The van der Waals surface area contributed by atoms with Crippen molar-refractivity contribution >= 4 is 5.97 Å². The summed E-state index contributed by atoms with van der Waals surface area (Å²) in [6, 6.07) is 12.6. The van der Waals surface area contributed by atoms with E-state index in [9.17, 15) is 14.3 Å². The number of ether oxygens (including phenoxy) is 1. The number of benzene rings is 2. The van der Waals surface area contributed by atoms with Crippen molar-refractivity contribution in [2.45, 2.75) is 51.8 Å². The van der Waals surface area contributed by atoms with E-state index in [2.05, 4.69) is 0 Å². The summed E-state index contributed by atoms with van der Waals surface area (Å²) in [6.07, 6.45) is 1.14. The molecular formula is C22H28FNO5. The number of rotatable bonds is 12. The molecule has 0 heterocycles. The first-order chi connectivity index (χ1) is 13.9. The minimum atomic E-state index is -1.09. The fraction of sp³-hybridized carbons (Fsp3) is 0.409. The summed E-state index contributed by atoms with van der Waals surface area (Å²) in [7, 11) is 0. The van der Waals surface area contributed by atoms with Crippen molar-refractivity contribution in [1.29, 1.82) is 0 Å². The van der Waals surface area contributed by atoms with Crippen LogP contribution in [-0.4, -0.2) is 33.9 Å². The number of aliphatic hydroxyl groups excluding tert-OH is 1. The summed E-state index contributed by atoms with van der Waals surface area (Å²) in [5.74, 6) is -0.215. The average molecular weight is 405 g/mol. The topological polar surface area (TPSA) is 79.2 Å². The van der Waals surface area contributed by atoms with Crippen LogP contribution in [-0.2, 0) is 4.79 Å². The summed E-state index contributed by atoms with van der Waals surface area (Å²) in [4.78, 5) is 16.3. The molecule has 6 nitrogen and oxygen atoms in total. The number of hydroxylamine groups is 2. The van der Waals surface area contributed by atoms with Gasteiger partial charge in [-0.2, -0.15) is 0 Å². The second-order valence-corrected chi connectivity index (χ2v) is 6.96. The molecule has 0 saturated heterocycles. The van der Waals surface area contributed by atoms with Gasteiger partial charge in [-0.1, -0.05) is 18.2 Å². The number of carboxylic acid groups (broad SMARTS) is 1. The largest absolute Gasteiger partial charge is 0.493 e. The van der Waals surface area contributed by atoms with Gasteiger partial charge in [0.15, 0.2) is 6.23 Å². The molecule has 0 bridgehead atoms. The fourth-order valence-corrected chi connectivity index (χ4v) is 2.75. The van der Waals surface area contributed by atoms with Crippen LogP contribution in [0.15, 0.2) is 48.5 Å². The van der Waals surface area contributed by atoms with E-state index in [1.54, 1.807) is 18.2 Å². The predicted octanol–water partition coefficient (Wildman–Crippen LogP) is 4.54. The molecule has 158 valence electrons. The number of hydrogen-bond donors (Lipinski definition) is 2. The standard InChI is InChI=1S/C22H28FNO5/c1-16(2)24(29-18-13-11-17(23)12-14-18)22(27)19-8-5-6-9-20(19)28-15-7-3-4-10-21(25)26/h5-6,8-9,11-14,16,22,27H,3-4,7,10,15H2,1-2H3,(H,25,26). The van der Waals surface area contributed by atoms with Gasteiger partial charge in [-0.05, 0) is 63.4 Å². The molecule has 0 aliphatic heterocycles. The van der Waals surface area contributed by atoms with Gasteiger partial charge in [0.2, 0.25) is 0 Å². The summed E-state index contributed by atoms with van der Waals surface area (Å²) < 4.78 is 19.0. The number of para-hydroxylation sites is 1. The van der Waals surface area contributed by atoms with Gasteiger partial charge in [0, 0.05) is 18.0 Å². The highest BCUT2D eigenvalue weighted by molar-refractivity contribution is 5.66. The molecule has 0 spiro atoms. The third-order valence-corrected chi connectivity index (χ3v) is 4.26. The van der Waals surface area contributed by atoms with Crippen molar-refractivity contribution in [3.8, 4) is 11.5 Å². The Morgan fingerprint density at radius 1 is 1.07 bits per heavy atom. The highest BCUT2D eigenvalue weighted by atomic mass is 19.1. The minimum absolute atomic E-state index is 0.152. The van der Waals surface area contributed by atoms with Crippen molar-refractivity contribution in [3.05, 3.63) is 59.9 Å². The maximum absolute atomic E-state index is 13.1. The number of aliphatic hydroxyl groups is 1. The summed E-state index contributed by atoms with van der Waals surface area (Å²) in [5.41, 5.74) is 0.550. The monoisotopic (exact) mass is 405 g/mol. The van der Waals surface area contributed by atoms with Gasteiger partial charge in [-0.15, -0.1) is 5.06 Å². The van der Waals surface area contributed by atoms with E-state index in [1.807, 2.05) is 19.9 Å². The summed E-state index contributed by atoms with van der Waals surface area (Å²) >= 11 is 0. The lowest BCUT2D eigenvalue weighted by Crippen LogP contribution is -2.38. The third kappa shape index (κ3) is 7.36. The molecule has 2 rings (SSSR count). The Morgan fingerprint density at radius 2 is 1.76 bits per heavy atom. The van der Waals surface area contributed by atoms with E-state index in [0.717, 1.165) is 12.8 Å². The molecular weight excluding hydrogens is 377 g/mol. The Bertz CT molecular complexity index is 766. The fourth-order valence-electron chi connectivity index (χ4n) is 2.75. The number of unbranched alkanes of at least 4 members (excludes halogenated alkanes) is 2. The van der Waals surface area contributed by atoms with Crippen LogP contribution in [0, 0.1) is 5.82 Å². The zero-order valence-electron chi connectivity index (χ0n) is 16.8. The van der Waals surface area contributed by atoms with E-state index in [4.69, 9.17) is 14.7 Å². The number of carboxylic acids is 1. The van der Waals surface area contributed by atoms with E-state index in [1.165, 1.54) is 29.3 Å². The second kappa shape index (κ2) is 11.4. The van der Waals surface area contributed by atoms with Gasteiger partial charge >= 0.3 is 5.97 Å². The Kier molecular flexibility index (Phi) is 8.89. The molecule has 0 aliphatic carbocycles. The summed E-state index contributed by atoms with van der Waals surface area (Å²) in [6.45, 7) is 4.17. The van der Waals surface area contributed by atoms with Crippen LogP contribution in [0.2, 0.25) is 0 Å². The molecule has 0 amide bonds. The van der Waals surface area contributed by atoms with Crippen LogP contribution < -0.4 is 9.57 Å². The zero-order valence-corrected chi connectivity index (χ0v) is 16.8. The second-order valence-electron chi connectivity index (χ2n) is 6.96. The predicted molar refractivity (Wildman–Crippen MR) is 107 cm³/mol. The quantitative estimate of drug-likeness (QED) is 0.307. The van der Waals surface area contributed by atoms with Crippen molar-refractivity contribution in [3.63, 3.8) is 0 Å². The van der Waals surface area contributed by atoms with Gasteiger partial charge in [-0.3, -0.25) is 4.79 Å². The molecule has 0 radical (unpaired) electrons. The lowest BCUT2D eigenvalue weighted by atomic mass is 10.1. The zero-order chi connectivity index (χ0) is 21.2. The molecule has 0 aromatic heterocycles. The maximum atomic E-state index is 13.1. The van der Waals surface area contributed by atoms with E-state index >= 15 is 0 Å². The number of aliphatic carboxylic acids is 1. The molecule has 29 heavy (non-hydrogen) atoms. The van der Waals surface area contributed by atoms with Gasteiger partial charge in [-0.25, -0.2) is 4.39 Å². The molecule has 0 saturated carbocycles. The first-order valence-corrected chi connectivity index (χ1v) is 9.72. The lowest BCUT2D eigenvalue weighted by molar-refractivity contribution is -0.195. The lowest BCUT2D eigenvalue weighted by Gasteiger charge is -2.31. The van der Waals surface area contributed by atoms with Crippen LogP contribution in [0.25, 0.3) is 0 Å². The van der Waals surface area contributed by atoms with Crippen molar-refractivity contribution < 1.29 is 29.0 Å². The maximum Gasteiger partial charge on any atom is 0.303 e. The molecule has 0 aliphatic rings. The number of carbonyl (C=O) groups is 1. The first-order valence-electron chi connectivity index (χ1n) is 9.72. The van der Waals surface area contributed by atoms with Gasteiger partial charge in [0.05, 0.1) is 6.61 Å². The summed E-state index contributed by atoms with van der Waals surface area (Å²) in [5, 5.41) is 21.0. The Morgan fingerprint density at radius 3 is 2.41 bits per heavy atom. The van der Waals surface area contributed by atoms with Crippen LogP contribution in [0.1, 0.15) is 51.3 Å². The number of hydrogen-bond acceptors (Lipinski definition) is 5. The van der Waals surface area contributed by atoms with Crippen LogP contribution in [0.5, 0.6) is 11.5 Å². The normalized spacial score (nSPS) is 12.2. The minimum Gasteiger partial charge on any atom is -0.493 e. The van der Waals surface area contributed by atoms with Crippen LogP contribution >= 0.6 is 0 Å². The van der Waals surface area contributed by atoms with E-state index in [-0.39, 0.29) is 18.3 Å². The number of halogens is 1. The van der Waals surface area contributed by atoms with Crippen molar-refractivity contribution in [2.24, 2.45) is 0 Å². The third-order valence-electron chi connectivity index (χ3n) is 4.26. The highest BCUT2D eigenvalue weighted by Gasteiger charge is 2.25. The molecule has 0 fully saturated rings. The Balaban J connectivity index is 2.02. The SMILES string of the molecule is CC(C)N(Oc1ccc(F)cc1)C(O)c1ccccc1OCCCCCC(=O)O. The van der Waals surface area contributed by atoms with Crippen LogP contribution in [0.3, 0.4) is 0 Å². The molecule has 1 atom stereocenters.